The quantitative estimate of drug-likeness (QED) is 0.600. The van der Waals surface area contributed by atoms with Gasteiger partial charge in [-0.3, -0.25) is 4.98 Å². The zero-order valence-corrected chi connectivity index (χ0v) is 4.99. The molecule has 0 aromatic carbocycles. The summed E-state index contributed by atoms with van der Waals surface area (Å²) in [4.78, 5) is 4.00. The van der Waals surface area contributed by atoms with Gasteiger partial charge in [-0.05, 0) is 24.4 Å². The summed E-state index contributed by atoms with van der Waals surface area (Å²) in [5, 5.41) is 0. The molecule has 0 aliphatic heterocycles. The van der Waals surface area contributed by atoms with Crippen molar-refractivity contribution in [3.63, 3.8) is 0 Å². The summed E-state index contributed by atoms with van der Waals surface area (Å²) in [6.07, 6.45) is 4.96. The maximum Gasteiger partial charge on any atom is 0.0643 e. The van der Waals surface area contributed by atoms with E-state index in [9.17, 15) is 0 Å². The molecule has 1 aromatic rings. The van der Waals surface area contributed by atoms with Crippen molar-refractivity contribution in [3.05, 3.63) is 36.3 Å². The van der Waals surface area contributed by atoms with Gasteiger partial charge in [-0.15, -0.1) is 0 Å². The van der Waals surface area contributed by atoms with Crippen LogP contribution in [-0.2, 0) is 0 Å². The Morgan fingerprint density at radius 3 is 2.89 bits per heavy atom. The van der Waals surface area contributed by atoms with Crippen molar-refractivity contribution in [2.75, 3.05) is 0 Å². The topological polar surface area (TPSA) is 38.9 Å². The summed E-state index contributed by atoms with van der Waals surface area (Å²) in [6, 6.07) is 5.68. The van der Waals surface area contributed by atoms with Crippen molar-refractivity contribution in [2.24, 2.45) is 5.73 Å². The van der Waals surface area contributed by atoms with E-state index in [-0.39, 0.29) is 0 Å². The largest absolute Gasteiger partial charge is 0.405 e. The molecule has 0 unspecified atom stereocenters. The Morgan fingerprint density at radius 2 is 2.33 bits per heavy atom. The molecule has 0 amide bonds. The van der Waals surface area contributed by atoms with Gasteiger partial charge in [0.05, 0.1) is 5.69 Å². The van der Waals surface area contributed by atoms with Crippen LogP contribution in [0.4, 0.5) is 0 Å². The van der Waals surface area contributed by atoms with E-state index in [1.165, 1.54) is 6.20 Å². The summed E-state index contributed by atoms with van der Waals surface area (Å²) in [6.45, 7) is 0. The van der Waals surface area contributed by atoms with Crippen molar-refractivity contribution in [1.29, 1.82) is 0 Å². The van der Waals surface area contributed by atoms with Crippen LogP contribution in [0.3, 0.4) is 0 Å². The third kappa shape index (κ3) is 1.57. The Labute approximate surface area is 54.0 Å². The van der Waals surface area contributed by atoms with Crippen molar-refractivity contribution in [1.82, 2.24) is 4.98 Å². The SMILES string of the molecule is N/C=C\c1ccccn1. The Balaban J connectivity index is 2.85. The minimum absolute atomic E-state index is 0.889. The zero-order chi connectivity index (χ0) is 6.53. The van der Waals surface area contributed by atoms with E-state index in [1.807, 2.05) is 18.2 Å². The number of aromatic nitrogens is 1. The number of hydrogen-bond acceptors (Lipinski definition) is 2. The average Bonchev–Trinajstić information content (AvgIpc) is 1.91. The molecule has 0 bridgehead atoms. The first-order valence-electron chi connectivity index (χ1n) is 2.73. The van der Waals surface area contributed by atoms with Gasteiger partial charge in [-0.2, -0.15) is 0 Å². The molecule has 0 fully saturated rings. The Hall–Kier alpha value is -1.31. The number of nitrogens with two attached hydrogens (primary N) is 1. The van der Waals surface area contributed by atoms with Crippen molar-refractivity contribution in [2.45, 2.75) is 0 Å². The second kappa shape index (κ2) is 2.87. The summed E-state index contributed by atoms with van der Waals surface area (Å²) >= 11 is 0. The number of rotatable bonds is 1. The van der Waals surface area contributed by atoms with Gasteiger partial charge < -0.3 is 5.73 Å². The number of hydrogen-bond donors (Lipinski definition) is 1. The molecule has 1 aromatic heterocycles. The molecular weight excluding hydrogens is 112 g/mol. The van der Waals surface area contributed by atoms with Crippen LogP contribution in [0.5, 0.6) is 0 Å². The normalized spacial score (nSPS) is 10.2. The molecule has 46 valence electrons. The fraction of sp³-hybridized carbons (Fsp3) is 0. The van der Waals surface area contributed by atoms with Crippen LogP contribution in [0.15, 0.2) is 30.6 Å². The van der Waals surface area contributed by atoms with Crippen LogP contribution < -0.4 is 5.73 Å². The molecule has 0 saturated carbocycles. The molecule has 0 atom stereocenters. The highest BCUT2D eigenvalue weighted by atomic mass is 14.7. The monoisotopic (exact) mass is 120 g/mol. The van der Waals surface area contributed by atoms with Gasteiger partial charge in [-0.1, -0.05) is 6.07 Å². The number of pyridine rings is 1. The molecule has 2 N–H and O–H groups in total. The standard InChI is InChI=1S/C7H8N2/c8-5-4-7-3-1-2-6-9-7/h1-6H,8H2/b5-4-. The fourth-order valence-electron chi connectivity index (χ4n) is 0.573. The second-order valence-electron chi connectivity index (χ2n) is 1.61. The van der Waals surface area contributed by atoms with Crippen LogP contribution in [0.1, 0.15) is 5.69 Å². The van der Waals surface area contributed by atoms with Crippen LogP contribution >= 0.6 is 0 Å². The molecular formula is C7H8N2. The lowest BCUT2D eigenvalue weighted by Gasteiger charge is -1.86. The molecule has 2 nitrogen and oxygen atoms in total. The molecule has 0 radical (unpaired) electrons. The van der Waals surface area contributed by atoms with E-state index in [1.54, 1.807) is 12.3 Å². The summed E-state index contributed by atoms with van der Waals surface area (Å²) in [5.41, 5.74) is 6.03. The second-order valence-corrected chi connectivity index (χ2v) is 1.61. The van der Waals surface area contributed by atoms with Crippen LogP contribution in [0.2, 0.25) is 0 Å². The Bertz CT molecular complexity index is 191. The van der Waals surface area contributed by atoms with Crippen molar-refractivity contribution >= 4 is 6.08 Å². The number of nitrogens with zero attached hydrogens (tertiary/aromatic N) is 1. The van der Waals surface area contributed by atoms with E-state index >= 15 is 0 Å². The van der Waals surface area contributed by atoms with E-state index in [0.29, 0.717) is 0 Å². The smallest absolute Gasteiger partial charge is 0.0643 e. The maximum absolute atomic E-state index is 5.14. The lowest BCUT2D eigenvalue weighted by molar-refractivity contribution is 1.29. The maximum atomic E-state index is 5.14. The lowest BCUT2D eigenvalue weighted by Crippen LogP contribution is -1.79. The first-order chi connectivity index (χ1) is 4.43. The minimum atomic E-state index is 0.889. The van der Waals surface area contributed by atoms with E-state index in [4.69, 9.17) is 5.73 Å². The average molecular weight is 120 g/mol. The Morgan fingerprint density at radius 1 is 1.44 bits per heavy atom. The zero-order valence-electron chi connectivity index (χ0n) is 4.99. The van der Waals surface area contributed by atoms with E-state index in [0.717, 1.165) is 5.69 Å². The van der Waals surface area contributed by atoms with Gasteiger partial charge >= 0.3 is 0 Å². The first kappa shape index (κ1) is 5.82. The van der Waals surface area contributed by atoms with E-state index < -0.39 is 0 Å². The molecule has 1 heterocycles. The fourth-order valence-corrected chi connectivity index (χ4v) is 0.573. The van der Waals surface area contributed by atoms with E-state index in [2.05, 4.69) is 4.98 Å². The van der Waals surface area contributed by atoms with Crippen LogP contribution in [0, 0.1) is 0 Å². The van der Waals surface area contributed by atoms with Gasteiger partial charge in [0.15, 0.2) is 0 Å². The van der Waals surface area contributed by atoms with Gasteiger partial charge in [0.25, 0.3) is 0 Å². The summed E-state index contributed by atoms with van der Waals surface area (Å²) < 4.78 is 0. The van der Waals surface area contributed by atoms with Crippen LogP contribution in [-0.4, -0.2) is 4.98 Å². The van der Waals surface area contributed by atoms with Crippen molar-refractivity contribution in [3.8, 4) is 0 Å². The first-order valence-corrected chi connectivity index (χ1v) is 2.73. The summed E-state index contributed by atoms with van der Waals surface area (Å²) in [5.74, 6) is 0. The van der Waals surface area contributed by atoms with Gasteiger partial charge in [0, 0.05) is 6.20 Å². The van der Waals surface area contributed by atoms with Crippen LogP contribution in [0.25, 0.3) is 6.08 Å². The highest BCUT2D eigenvalue weighted by Gasteiger charge is 1.79. The van der Waals surface area contributed by atoms with Crippen molar-refractivity contribution < 1.29 is 0 Å². The van der Waals surface area contributed by atoms with Gasteiger partial charge in [-0.25, -0.2) is 0 Å². The lowest BCUT2D eigenvalue weighted by atomic mass is 10.3. The van der Waals surface area contributed by atoms with Gasteiger partial charge in [0.1, 0.15) is 0 Å². The third-order valence-corrected chi connectivity index (χ3v) is 0.955. The summed E-state index contributed by atoms with van der Waals surface area (Å²) in [7, 11) is 0. The molecule has 2 heteroatoms. The Kier molecular flexibility index (Phi) is 1.85. The predicted molar refractivity (Wildman–Crippen MR) is 37.5 cm³/mol. The molecule has 0 aliphatic carbocycles. The highest BCUT2D eigenvalue weighted by Crippen LogP contribution is 1.93. The highest BCUT2D eigenvalue weighted by molar-refractivity contribution is 5.42. The molecule has 9 heavy (non-hydrogen) atoms. The molecule has 0 spiro atoms. The van der Waals surface area contributed by atoms with Gasteiger partial charge in [0.2, 0.25) is 0 Å². The predicted octanol–water partition coefficient (Wildman–Crippen LogP) is 1.01. The minimum Gasteiger partial charge on any atom is -0.405 e. The molecule has 1 rings (SSSR count). The molecule has 0 aliphatic rings. The molecule has 0 saturated heterocycles. The third-order valence-electron chi connectivity index (χ3n) is 0.955.